The van der Waals surface area contributed by atoms with Crippen molar-refractivity contribution in [3.63, 3.8) is 0 Å². The molecule has 4 nitrogen and oxygen atoms in total. The first kappa shape index (κ1) is 13.8. The van der Waals surface area contributed by atoms with Crippen LogP contribution in [0.5, 0.6) is 5.88 Å². The molecule has 1 heterocycles. The second-order valence-electron chi connectivity index (χ2n) is 3.25. The molecule has 0 atom stereocenters. The Kier molecular flexibility index (Phi) is 5.24. The minimum atomic E-state index is -0.384. The molecule has 0 saturated heterocycles. The average Bonchev–Trinajstić information content (AvgIpc) is 2.29. The predicted octanol–water partition coefficient (Wildman–Crippen LogP) is 2.17. The van der Waals surface area contributed by atoms with Crippen molar-refractivity contribution in [1.82, 2.24) is 9.55 Å². The van der Waals surface area contributed by atoms with Crippen molar-refractivity contribution in [2.24, 2.45) is 0 Å². The van der Waals surface area contributed by atoms with Crippen LogP contribution >= 0.6 is 24.0 Å². The molecular formula is C11H14N2O2S2. The number of rotatable bonds is 5. The lowest BCUT2D eigenvalue weighted by Gasteiger charge is -2.08. The van der Waals surface area contributed by atoms with Gasteiger partial charge >= 0.3 is 0 Å². The summed E-state index contributed by atoms with van der Waals surface area (Å²) in [7, 11) is 0. The molecule has 0 radical (unpaired) electrons. The van der Waals surface area contributed by atoms with E-state index in [9.17, 15) is 9.90 Å². The second kappa shape index (κ2) is 6.46. The molecule has 1 rings (SSSR count). The fraction of sp³-hybridized carbons (Fsp3) is 0.273. The lowest BCUT2D eigenvalue weighted by atomic mass is 10.3. The summed E-state index contributed by atoms with van der Waals surface area (Å²) in [5.74, 6) is 0.645. The lowest BCUT2D eigenvalue weighted by Crippen LogP contribution is -2.16. The quantitative estimate of drug-likeness (QED) is 0.636. The maximum atomic E-state index is 11.6. The van der Waals surface area contributed by atoms with Crippen LogP contribution in [0.3, 0.4) is 0 Å². The molecule has 17 heavy (non-hydrogen) atoms. The van der Waals surface area contributed by atoms with Crippen LogP contribution in [-0.4, -0.2) is 26.7 Å². The zero-order valence-corrected chi connectivity index (χ0v) is 11.1. The molecule has 92 valence electrons. The zero-order valence-electron chi connectivity index (χ0n) is 9.47. The molecule has 2 N–H and O–H groups in total. The van der Waals surface area contributed by atoms with Crippen LogP contribution in [0.1, 0.15) is 5.56 Å². The fourth-order valence-corrected chi connectivity index (χ4v) is 1.83. The third-order valence-corrected chi connectivity index (χ3v) is 2.91. The van der Waals surface area contributed by atoms with Crippen molar-refractivity contribution < 1.29 is 5.11 Å². The van der Waals surface area contributed by atoms with Gasteiger partial charge in [0.05, 0.1) is 5.56 Å². The summed E-state index contributed by atoms with van der Waals surface area (Å²) < 4.78 is 1.61. The number of hydrogen-bond donors (Lipinski definition) is 2. The van der Waals surface area contributed by atoms with E-state index in [-0.39, 0.29) is 21.8 Å². The van der Waals surface area contributed by atoms with Crippen molar-refractivity contribution in [1.29, 1.82) is 0 Å². The first-order valence-corrected chi connectivity index (χ1v) is 6.74. The number of aromatic nitrogens is 2. The van der Waals surface area contributed by atoms with Crippen molar-refractivity contribution >= 4 is 30.1 Å². The number of nitrogens with zero attached hydrogens (tertiary/aromatic N) is 1. The van der Waals surface area contributed by atoms with Gasteiger partial charge in [0, 0.05) is 12.3 Å². The molecule has 1 aromatic rings. The van der Waals surface area contributed by atoms with Crippen LogP contribution in [0.15, 0.2) is 23.5 Å². The maximum Gasteiger partial charge on any atom is 0.262 e. The van der Waals surface area contributed by atoms with Gasteiger partial charge in [-0.3, -0.25) is 14.3 Å². The molecule has 1 aromatic heterocycles. The molecule has 6 heteroatoms. The SMILES string of the molecule is C=CCn1c(O)c(C=CCSC)c(=O)[nH]c1=S. The number of thioether (sulfide) groups is 1. The van der Waals surface area contributed by atoms with Crippen LogP contribution in [0.4, 0.5) is 0 Å². The van der Waals surface area contributed by atoms with Crippen molar-refractivity contribution in [3.05, 3.63) is 39.4 Å². The number of aromatic hydroxyl groups is 1. The number of H-pyrrole nitrogens is 1. The van der Waals surface area contributed by atoms with Gasteiger partial charge in [-0.05, 0) is 24.5 Å². The summed E-state index contributed by atoms with van der Waals surface area (Å²) in [4.78, 5) is 14.1. The highest BCUT2D eigenvalue weighted by atomic mass is 32.2. The van der Waals surface area contributed by atoms with E-state index in [0.29, 0.717) is 6.54 Å². The van der Waals surface area contributed by atoms with Crippen molar-refractivity contribution in [2.45, 2.75) is 6.54 Å². The highest BCUT2D eigenvalue weighted by Crippen LogP contribution is 2.14. The normalized spacial score (nSPS) is 10.9. The van der Waals surface area contributed by atoms with Crippen molar-refractivity contribution in [3.8, 4) is 5.88 Å². The van der Waals surface area contributed by atoms with Crippen LogP contribution in [0.2, 0.25) is 0 Å². The van der Waals surface area contributed by atoms with Crippen LogP contribution < -0.4 is 5.56 Å². The molecule has 0 bridgehead atoms. The Morgan fingerprint density at radius 3 is 2.94 bits per heavy atom. The molecule has 0 amide bonds. The van der Waals surface area contributed by atoms with E-state index in [4.69, 9.17) is 12.2 Å². The van der Waals surface area contributed by atoms with Gasteiger partial charge in [0.25, 0.3) is 5.56 Å². The third-order valence-electron chi connectivity index (χ3n) is 2.07. The van der Waals surface area contributed by atoms with Gasteiger partial charge in [-0.15, -0.1) is 6.58 Å². The standard InChI is InChI=1S/C11H14N2O2S2/c1-3-6-13-10(15)8(5-4-7-17-2)9(14)12-11(13)16/h3-5,15H,1,6-7H2,2H3,(H,12,14,16). The minimum absolute atomic E-state index is 0.129. The summed E-state index contributed by atoms with van der Waals surface area (Å²) in [5.41, 5.74) is -0.167. The highest BCUT2D eigenvalue weighted by Gasteiger charge is 2.08. The predicted molar refractivity (Wildman–Crippen MR) is 75.2 cm³/mol. The highest BCUT2D eigenvalue weighted by molar-refractivity contribution is 7.98. The number of allylic oxidation sites excluding steroid dienone is 1. The molecule has 0 aromatic carbocycles. The Morgan fingerprint density at radius 1 is 1.65 bits per heavy atom. The molecule has 0 aliphatic heterocycles. The van der Waals surface area contributed by atoms with Crippen LogP contribution in [-0.2, 0) is 6.54 Å². The number of hydrogen-bond acceptors (Lipinski definition) is 4. The maximum absolute atomic E-state index is 11.6. The van der Waals surface area contributed by atoms with Crippen LogP contribution in [0, 0.1) is 4.77 Å². The molecule has 0 unspecified atom stereocenters. The lowest BCUT2D eigenvalue weighted by molar-refractivity contribution is 0.412. The Hall–Kier alpha value is -1.27. The van der Waals surface area contributed by atoms with E-state index in [1.54, 1.807) is 23.9 Å². The second-order valence-corrected chi connectivity index (χ2v) is 4.55. The van der Waals surface area contributed by atoms with E-state index < -0.39 is 0 Å². The molecule has 0 fully saturated rings. The van der Waals surface area contributed by atoms with Gasteiger partial charge in [0.15, 0.2) is 4.77 Å². The summed E-state index contributed by atoms with van der Waals surface area (Å²) in [6.07, 6.45) is 6.97. The first-order valence-electron chi connectivity index (χ1n) is 4.94. The van der Waals surface area contributed by atoms with E-state index in [1.807, 2.05) is 12.3 Å². The number of aromatic amines is 1. The van der Waals surface area contributed by atoms with E-state index in [2.05, 4.69) is 11.6 Å². The summed E-state index contributed by atoms with van der Waals surface area (Å²) >= 11 is 6.58. The molecule has 0 saturated carbocycles. The van der Waals surface area contributed by atoms with Crippen molar-refractivity contribution in [2.75, 3.05) is 12.0 Å². The Bertz CT molecular complexity index is 543. The molecule has 0 spiro atoms. The molecular weight excluding hydrogens is 256 g/mol. The smallest absolute Gasteiger partial charge is 0.262 e. The monoisotopic (exact) mass is 270 g/mol. The van der Waals surface area contributed by atoms with E-state index in [1.165, 1.54) is 4.57 Å². The average molecular weight is 270 g/mol. The first-order chi connectivity index (χ1) is 8.11. The van der Waals surface area contributed by atoms with Gasteiger partial charge in [-0.2, -0.15) is 11.8 Å². The van der Waals surface area contributed by atoms with E-state index in [0.717, 1.165) is 5.75 Å². The van der Waals surface area contributed by atoms with Gasteiger partial charge in [0.1, 0.15) is 0 Å². The zero-order chi connectivity index (χ0) is 12.8. The van der Waals surface area contributed by atoms with Gasteiger partial charge in [-0.25, -0.2) is 0 Å². The Balaban J connectivity index is 3.30. The third kappa shape index (κ3) is 3.34. The fourth-order valence-electron chi connectivity index (χ4n) is 1.29. The summed E-state index contributed by atoms with van der Waals surface area (Å²) in [5, 5.41) is 9.95. The molecule has 0 aliphatic rings. The minimum Gasteiger partial charge on any atom is -0.494 e. The Labute approximate surface area is 109 Å². The van der Waals surface area contributed by atoms with Gasteiger partial charge in [-0.1, -0.05) is 12.2 Å². The Morgan fingerprint density at radius 2 is 2.35 bits per heavy atom. The van der Waals surface area contributed by atoms with Crippen LogP contribution in [0.25, 0.3) is 6.08 Å². The number of nitrogens with one attached hydrogen (secondary N) is 1. The van der Waals surface area contributed by atoms with Gasteiger partial charge < -0.3 is 5.11 Å². The van der Waals surface area contributed by atoms with E-state index >= 15 is 0 Å². The summed E-state index contributed by atoms with van der Waals surface area (Å²) in [6, 6.07) is 0. The summed E-state index contributed by atoms with van der Waals surface area (Å²) in [6.45, 7) is 3.93. The van der Waals surface area contributed by atoms with Gasteiger partial charge in [0.2, 0.25) is 5.88 Å². The molecule has 0 aliphatic carbocycles. The topological polar surface area (TPSA) is 58.0 Å². The largest absolute Gasteiger partial charge is 0.494 e.